The Bertz CT molecular complexity index is 557. The highest BCUT2D eigenvalue weighted by Crippen LogP contribution is 2.30. The summed E-state index contributed by atoms with van der Waals surface area (Å²) in [5.74, 6) is -0.871. The first kappa shape index (κ1) is 12.2. The fourth-order valence-corrected chi connectivity index (χ4v) is 2.87. The predicted molar refractivity (Wildman–Crippen MR) is 68.6 cm³/mol. The summed E-state index contributed by atoms with van der Waals surface area (Å²) in [6, 6.07) is 0. The van der Waals surface area contributed by atoms with Crippen molar-refractivity contribution in [1.82, 2.24) is 9.97 Å². The van der Waals surface area contributed by atoms with Crippen LogP contribution in [0.5, 0.6) is 0 Å². The number of aryl methyl sites for hydroxylation is 1. The molecular weight excluding hydrogens is 256 g/mol. The first-order valence-electron chi connectivity index (χ1n) is 5.03. The molecule has 2 rings (SSSR count). The lowest BCUT2D eigenvalue weighted by molar-refractivity contribution is -0.142. The van der Waals surface area contributed by atoms with Crippen LogP contribution < -0.4 is 0 Å². The van der Waals surface area contributed by atoms with E-state index in [9.17, 15) is 4.79 Å². The molecule has 0 aromatic carbocycles. The first-order valence-corrected chi connectivity index (χ1v) is 6.79. The molecule has 0 radical (unpaired) electrons. The third-order valence-electron chi connectivity index (χ3n) is 2.52. The molecule has 4 nitrogen and oxygen atoms in total. The Morgan fingerprint density at radius 2 is 2.00 bits per heavy atom. The molecule has 0 spiro atoms. The van der Waals surface area contributed by atoms with Crippen LogP contribution in [0, 0.1) is 6.92 Å². The molecule has 2 heterocycles. The van der Waals surface area contributed by atoms with Crippen molar-refractivity contribution in [2.75, 3.05) is 0 Å². The summed E-state index contributed by atoms with van der Waals surface area (Å²) in [5.41, 5.74) is 0.445. The Morgan fingerprint density at radius 1 is 1.29 bits per heavy atom. The third kappa shape index (κ3) is 2.23. The summed E-state index contributed by atoms with van der Waals surface area (Å²) >= 11 is 2.99. The normalized spacial score (nSPS) is 11.7. The summed E-state index contributed by atoms with van der Waals surface area (Å²) in [4.78, 5) is 19.8. The number of hydrogen-bond acceptors (Lipinski definition) is 5. The number of thiazole rings is 2. The van der Waals surface area contributed by atoms with E-state index in [1.165, 1.54) is 11.3 Å². The quantitative estimate of drug-likeness (QED) is 0.929. The molecule has 0 aliphatic heterocycles. The number of nitrogens with zero attached hydrogens (tertiary/aromatic N) is 2. The van der Waals surface area contributed by atoms with E-state index in [-0.39, 0.29) is 0 Å². The second kappa shape index (κ2) is 4.19. The lowest BCUT2D eigenvalue weighted by Gasteiger charge is -2.15. The molecule has 1 N–H and O–H groups in total. The third-order valence-corrected chi connectivity index (χ3v) is 4.16. The van der Waals surface area contributed by atoms with Gasteiger partial charge in [-0.15, -0.1) is 22.7 Å². The van der Waals surface area contributed by atoms with Gasteiger partial charge in [-0.05, 0) is 20.8 Å². The van der Waals surface area contributed by atoms with Crippen molar-refractivity contribution in [3.63, 3.8) is 0 Å². The van der Waals surface area contributed by atoms with Crippen LogP contribution in [0.25, 0.3) is 10.7 Å². The van der Waals surface area contributed by atoms with E-state index in [2.05, 4.69) is 9.97 Å². The Labute approximate surface area is 107 Å². The minimum atomic E-state index is -0.959. The Hall–Kier alpha value is -1.27. The van der Waals surface area contributed by atoms with Crippen LogP contribution in [0.15, 0.2) is 10.8 Å². The molecule has 6 heteroatoms. The van der Waals surface area contributed by atoms with Gasteiger partial charge in [-0.2, -0.15) is 0 Å². The van der Waals surface area contributed by atoms with Gasteiger partial charge in [0.15, 0.2) is 0 Å². The van der Waals surface area contributed by atoms with Crippen LogP contribution in [0.2, 0.25) is 0 Å². The number of carbonyl (C=O) groups is 1. The van der Waals surface area contributed by atoms with E-state index in [4.69, 9.17) is 5.11 Å². The van der Waals surface area contributed by atoms with Gasteiger partial charge < -0.3 is 5.11 Å². The van der Waals surface area contributed by atoms with Crippen molar-refractivity contribution >= 4 is 28.6 Å². The smallest absolute Gasteiger partial charge is 0.315 e. The molecule has 0 amide bonds. The summed E-state index contributed by atoms with van der Waals surface area (Å²) in [6.07, 6.45) is 0. The number of aromatic nitrogens is 2. The van der Waals surface area contributed by atoms with E-state index in [1.54, 1.807) is 30.6 Å². The van der Waals surface area contributed by atoms with Crippen molar-refractivity contribution in [2.24, 2.45) is 0 Å². The second-order valence-corrected chi connectivity index (χ2v) is 6.14. The van der Waals surface area contributed by atoms with E-state index in [0.29, 0.717) is 5.69 Å². The molecule has 0 fully saturated rings. The number of hydrogen-bond donors (Lipinski definition) is 1. The topological polar surface area (TPSA) is 63.1 Å². The summed E-state index contributed by atoms with van der Waals surface area (Å²) in [7, 11) is 0. The van der Waals surface area contributed by atoms with Gasteiger partial charge in [-0.3, -0.25) is 4.79 Å². The molecular formula is C11H12N2O2S2. The van der Waals surface area contributed by atoms with Gasteiger partial charge in [0.2, 0.25) is 0 Å². The highest BCUT2D eigenvalue weighted by Gasteiger charge is 2.32. The maximum Gasteiger partial charge on any atom is 0.315 e. The molecule has 2 aromatic rings. The maximum absolute atomic E-state index is 11.1. The monoisotopic (exact) mass is 268 g/mol. The highest BCUT2D eigenvalue weighted by molar-refractivity contribution is 7.14. The minimum Gasteiger partial charge on any atom is -0.481 e. The van der Waals surface area contributed by atoms with Crippen molar-refractivity contribution < 1.29 is 9.90 Å². The molecule has 0 unspecified atom stereocenters. The van der Waals surface area contributed by atoms with E-state index < -0.39 is 11.4 Å². The van der Waals surface area contributed by atoms with Crippen molar-refractivity contribution in [3.05, 3.63) is 21.5 Å². The van der Waals surface area contributed by atoms with E-state index in [1.807, 2.05) is 12.3 Å². The molecule has 0 atom stereocenters. The van der Waals surface area contributed by atoms with Crippen LogP contribution in [0.1, 0.15) is 24.5 Å². The predicted octanol–water partition coefficient (Wildman–Crippen LogP) is 2.94. The standard InChI is InChI=1S/C11H12N2O2S2/c1-6-12-7(4-16-6)9-13-8(5-17-9)11(2,3)10(14)15/h4-5H,1-3H3,(H,14,15). The lowest BCUT2D eigenvalue weighted by Crippen LogP contribution is -2.28. The fourth-order valence-electron chi connectivity index (χ4n) is 1.25. The van der Waals surface area contributed by atoms with E-state index in [0.717, 1.165) is 15.7 Å². The van der Waals surface area contributed by atoms with Gasteiger partial charge in [0, 0.05) is 10.8 Å². The molecule has 0 saturated carbocycles. The van der Waals surface area contributed by atoms with Crippen molar-refractivity contribution in [3.8, 4) is 10.7 Å². The average Bonchev–Trinajstić information content (AvgIpc) is 2.85. The van der Waals surface area contributed by atoms with Crippen LogP contribution in [0.4, 0.5) is 0 Å². The van der Waals surface area contributed by atoms with Gasteiger partial charge in [0.1, 0.15) is 16.1 Å². The molecule has 2 aromatic heterocycles. The van der Waals surface area contributed by atoms with Gasteiger partial charge in [0.25, 0.3) is 0 Å². The molecule has 0 aliphatic rings. The van der Waals surface area contributed by atoms with Gasteiger partial charge >= 0.3 is 5.97 Å². The zero-order valence-corrected chi connectivity index (χ0v) is 11.4. The Kier molecular flexibility index (Phi) is 3.01. The minimum absolute atomic E-state index is 0.579. The van der Waals surface area contributed by atoms with Crippen LogP contribution >= 0.6 is 22.7 Å². The lowest BCUT2D eigenvalue weighted by atomic mass is 9.90. The molecule has 17 heavy (non-hydrogen) atoms. The maximum atomic E-state index is 11.1. The first-order chi connectivity index (χ1) is 7.91. The number of rotatable bonds is 3. The second-order valence-electron chi connectivity index (χ2n) is 4.22. The largest absolute Gasteiger partial charge is 0.481 e. The van der Waals surface area contributed by atoms with Gasteiger partial charge in [-0.25, -0.2) is 9.97 Å². The highest BCUT2D eigenvalue weighted by atomic mass is 32.1. The zero-order valence-electron chi connectivity index (χ0n) is 9.72. The molecule has 0 saturated heterocycles. The number of carboxylic acid groups (broad SMARTS) is 1. The van der Waals surface area contributed by atoms with Crippen LogP contribution in [-0.4, -0.2) is 21.0 Å². The Morgan fingerprint density at radius 3 is 2.53 bits per heavy atom. The Balaban J connectivity index is 2.37. The van der Waals surface area contributed by atoms with Crippen molar-refractivity contribution in [1.29, 1.82) is 0 Å². The zero-order chi connectivity index (χ0) is 12.6. The SMILES string of the molecule is Cc1nc(-c2nc(C(C)(C)C(=O)O)cs2)cs1. The van der Waals surface area contributed by atoms with Crippen molar-refractivity contribution in [2.45, 2.75) is 26.2 Å². The van der Waals surface area contributed by atoms with Gasteiger partial charge in [-0.1, -0.05) is 0 Å². The fraction of sp³-hybridized carbons (Fsp3) is 0.364. The van der Waals surface area contributed by atoms with E-state index >= 15 is 0 Å². The number of aliphatic carboxylic acids is 1. The molecule has 0 bridgehead atoms. The summed E-state index contributed by atoms with van der Waals surface area (Å²) < 4.78 is 0. The van der Waals surface area contributed by atoms with Gasteiger partial charge in [0.05, 0.1) is 10.7 Å². The molecule has 0 aliphatic carbocycles. The summed E-state index contributed by atoms with van der Waals surface area (Å²) in [6.45, 7) is 5.24. The summed E-state index contributed by atoms with van der Waals surface area (Å²) in [5, 5.41) is 14.6. The van der Waals surface area contributed by atoms with Crippen LogP contribution in [0.3, 0.4) is 0 Å². The average molecular weight is 268 g/mol. The molecule has 90 valence electrons. The van der Waals surface area contributed by atoms with Crippen LogP contribution in [-0.2, 0) is 10.2 Å². The number of carboxylic acids is 1.